The summed E-state index contributed by atoms with van der Waals surface area (Å²) in [4.78, 5) is 37.4. The van der Waals surface area contributed by atoms with Crippen LogP contribution in [0.3, 0.4) is 0 Å². The minimum absolute atomic E-state index is 0.135. The van der Waals surface area contributed by atoms with Gasteiger partial charge in [-0.25, -0.2) is 4.79 Å². The minimum atomic E-state index is -0.983. The highest BCUT2D eigenvalue weighted by Crippen LogP contribution is 2.34. The molecule has 1 fully saturated rings. The van der Waals surface area contributed by atoms with Crippen LogP contribution in [-0.4, -0.2) is 37.7 Å². The Morgan fingerprint density at radius 2 is 1.92 bits per heavy atom. The first-order valence-electron chi connectivity index (χ1n) is 8.20. The van der Waals surface area contributed by atoms with Crippen LogP contribution in [0, 0.1) is 0 Å². The Morgan fingerprint density at radius 3 is 2.54 bits per heavy atom. The van der Waals surface area contributed by atoms with Gasteiger partial charge in [0.15, 0.2) is 0 Å². The van der Waals surface area contributed by atoms with Crippen molar-refractivity contribution < 1.29 is 19.5 Å². The summed E-state index contributed by atoms with van der Waals surface area (Å²) in [6.45, 7) is 3.79. The molecule has 1 aromatic heterocycles. The third-order valence-corrected chi connectivity index (χ3v) is 5.19. The fraction of sp³-hybridized carbons (Fsp3) is 0.211. The number of hydrogen-bond donors (Lipinski definition) is 1. The van der Waals surface area contributed by atoms with Crippen LogP contribution in [-0.2, 0) is 4.79 Å². The molecule has 0 unspecified atom stereocenters. The maximum absolute atomic E-state index is 12.6. The Hall–Kier alpha value is -2.80. The number of benzene rings is 1. The molecule has 1 N–H and O–H groups in total. The summed E-state index contributed by atoms with van der Waals surface area (Å²) in [5, 5.41) is 8.75. The number of amides is 2. The molecule has 2 heterocycles. The van der Waals surface area contributed by atoms with Crippen molar-refractivity contribution in [3.8, 4) is 5.69 Å². The summed E-state index contributed by atoms with van der Waals surface area (Å²) in [6.07, 6.45) is 4.22. The van der Waals surface area contributed by atoms with Gasteiger partial charge in [-0.1, -0.05) is 6.92 Å². The summed E-state index contributed by atoms with van der Waals surface area (Å²) in [5.41, 5.74) is 1.72. The highest BCUT2D eigenvalue weighted by atomic mass is 32.2. The minimum Gasteiger partial charge on any atom is -0.478 e. The van der Waals surface area contributed by atoms with Gasteiger partial charge in [-0.15, -0.1) is 0 Å². The van der Waals surface area contributed by atoms with Crippen LogP contribution in [0.4, 0.5) is 4.79 Å². The van der Waals surface area contributed by atoms with E-state index in [2.05, 4.69) is 0 Å². The van der Waals surface area contributed by atoms with Crippen molar-refractivity contribution in [1.29, 1.82) is 0 Å². The first kappa shape index (κ1) is 18.0. The normalized spacial score (nSPS) is 17.2. The van der Waals surface area contributed by atoms with Crippen molar-refractivity contribution in [1.82, 2.24) is 9.47 Å². The molecule has 3 rings (SSSR count). The van der Waals surface area contributed by atoms with E-state index in [4.69, 9.17) is 5.11 Å². The molecular formula is C19H18N2O4S. The predicted molar refractivity (Wildman–Crippen MR) is 100 cm³/mol. The van der Waals surface area contributed by atoms with Crippen molar-refractivity contribution in [2.24, 2.45) is 0 Å². The molecule has 7 heteroatoms. The molecule has 1 saturated heterocycles. The Kier molecular flexibility index (Phi) is 4.99. The van der Waals surface area contributed by atoms with Crippen molar-refractivity contribution in [3.63, 3.8) is 0 Å². The second-order valence-corrected chi connectivity index (χ2v) is 6.96. The van der Waals surface area contributed by atoms with Gasteiger partial charge in [-0.3, -0.25) is 14.5 Å². The maximum atomic E-state index is 12.6. The number of aromatic carboxylic acids is 1. The lowest BCUT2D eigenvalue weighted by atomic mass is 10.2. The summed E-state index contributed by atoms with van der Waals surface area (Å²) in [5.74, 6) is -1.26. The van der Waals surface area contributed by atoms with E-state index in [1.807, 2.05) is 36.7 Å². The molecule has 1 aromatic carbocycles. The molecule has 2 amide bonds. The maximum Gasteiger partial charge on any atom is 0.335 e. The number of thioether (sulfide) groups is 1. The zero-order chi connectivity index (χ0) is 18.8. The van der Waals surface area contributed by atoms with Crippen molar-refractivity contribution >= 4 is 35.0 Å². The molecule has 134 valence electrons. The van der Waals surface area contributed by atoms with Gasteiger partial charge in [-0.05, 0) is 67.6 Å². The van der Waals surface area contributed by atoms with Gasteiger partial charge in [0.25, 0.3) is 11.1 Å². The van der Waals surface area contributed by atoms with E-state index in [-0.39, 0.29) is 22.8 Å². The van der Waals surface area contributed by atoms with Crippen LogP contribution in [0.5, 0.6) is 0 Å². The zero-order valence-corrected chi connectivity index (χ0v) is 15.2. The molecule has 0 aliphatic carbocycles. The largest absolute Gasteiger partial charge is 0.478 e. The second-order valence-electron chi connectivity index (χ2n) is 5.96. The lowest BCUT2D eigenvalue weighted by Crippen LogP contribution is -2.36. The predicted octanol–water partition coefficient (Wildman–Crippen LogP) is 4.01. The van der Waals surface area contributed by atoms with Gasteiger partial charge in [0, 0.05) is 23.6 Å². The number of aromatic nitrogens is 1. The zero-order valence-electron chi connectivity index (χ0n) is 14.4. The Morgan fingerprint density at radius 1 is 1.23 bits per heavy atom. The number of nitrogens with zero attached hydrogens (tertiary/aromatic N) is 2. The van der Waals surface area contributed by atoms with Crippen molar-refractivity contribution in [2.45, 2.75) is 26.3 Å². The Bertz CT molecular complexity index is 899. The van der Waals surface area contributed by atoms with E-state index in [1.54, 1.807) is 18.2 Å². The SMILES string of the molecule is CC[C@@H](C)N1C(=O)S/C(=C/c2cccn2-c2ccc(C(=O)O)cc2)C1=O. The number of carboxylic acid groups (broad SMARTS) is 1. The first-order chi connectivity index (χ1) is 12.4. The van der Waals surface area contributed by atoms with Gasteiger partial charge < -0.3 is 9.67 Å². The van der Waals surface area contributed by atoms with Crippen LogP contribution in [0.1, 0.15) is 36.3 Å². The molecular weight excluding hydrogens is 352 g/mol. The van der Waals surface area contributed by atoms with Crippen LogP contribution in [0.2, 0.25) is 0 Å². The fourth-order valence-corrected chi connectivity index (χ4v) is 3.60. The number of carboxylic acids is 1. The van der Waals surface area contributed by atoms with E-state index in [1.165, 1.54) is 17.0 Å². The molecule has 26 heavy (non-hydrogen) atoms. The first-order valence-corrected chi connectivity index (χ1v) is 9.02. The molecule has 0 radical (unpaired) electrons. The van der Waals surface area contributed by atoms with E-state index in [9.17, 15) is 14.4 Å². The Labute approximate surface area is 155 Å². The molecule has 1 atom stereocenters. The number of imide groups is 1. The summed E-state index contributed by atoms with van der Waals surface area (Å²) in [7, 11) is 0. The van der Waals surface area contributed by atoms with Gasteiger partial charge in [-0.2, -0.15) is 0 Å². The van der Waals surface area contributed by atoms with Crippen molar-refractivity contribution in [3.05, 3.63) is 58.8 Å². The summed E-state index contributed by atoms with van der Waals surface area (Å²) in [6, 6.07) is 9.98. The van der Waals surface area contributed by atoms with E-state index in [0.29, 0.717) is 11.3 Å². The molecule has 1 aliphatic heterocycles. The molecule has 6 nitrogen and oxygen atoms in total. The van der Waals surface area contributed by atoms with Crippen LogP contribution in [0.15, 0.2) is 47.5 Å². The standard InChI is InChI=1S/C19H18N2O4S/c1-3-12(2)21-17(22)16(26-19(21)25)11-15-5-4-10-20(15)14-8-6-13(7-9-14)18(23)24/h4-12H,3H2,1-2H3,(H,23,24)/b16-11+/t12-/m1/s1. The molecule has 2 aromatic rings. The average Bonchev–Trinajstić information content (AvgIpc) is 3.19. The molecule has 0 saturated carbocycles. The van der Waals surface area contributed by atoms with E-state index in [0.717, 1.165) is 23.1 Å². The van der Waals surface area contributed by atoms with Crippen LogP contribution in [0.25, 0.3) is 11.8 Å². The van der Waals surface area contributed by atoms with Crippen molar-refractivity contribution in [2.75, 3.05) is 0 Å². The third kappa shape index (κ3) is 3.30. The van der Waals surface area contributed by atoms with Gasteiger partial charge >= 0.3 is 5.97 Å². The lowest BCUT2D eigenvalue weighted by molar-refractivity contribution is -0.124. The molecule has 1 aliphatic rings. The Balaban J connectivity index is 1.92. The second kappa shape index (κ2) is 7.21. The highest BCUT2D eigenvalue weighted by molar-refractivity contribution is 8.18. The quantitative estimate of drug-likeness (QED) is 0.805. The average molecular weight is 370 g/mol. The van der Waals surface area contributed by atoms with Gasteiger partial charge in [0.1, 0.15) is 0 Å². The lowest BCUT2D eigenvalue weighted by Gasteiger charge is -2.19. The molecule has 0 bridgehead atoms. The number of rotatable bonds is 5. The van der Waals surface area contributed by atoms with Crippen LogP contribution >= 0.6 is 11.8 Å². The van der Waals surface area contributed by atoms with Gasteiger partial charge in [0.05, 0.1) is 10.5 Å². The van der Waals surface area contributed by atoms with Gasteiger partial charge in [0.2, 0.25) is 0 Å². The monoisotopic (exact) mass is 370 g/mol. The fourth-order valence-electron chi connectivity index (χ4n) is 2.69. The third-order valence-electron chi connectivity index (χ3n) is 4.31. The number of hydrogen-bond acceptors (Lipinski definition) is 4. The summed E-state index contributed by atoms with van der Waals surface area (Å²) < 4.78 is 1.84. The molecule has 0 spiro atoms. The highest BCUT2D eigenvalue weighted by Gasteiger charge is 2.37. The topological polar surface area (TPSA) is 79.6 Å². The number of carbonyl (C=O) groups is 3. The smallest absolute Gasteiger partial charge is 0.335 e. The van der Waals surface area contributed by atoms with Crippen LogP contribution < -0.4 is 0 Å². The summed E-state index contributed by atoms with van der Waals surface area (Å²) >= 11 is 0.941. The van der Waals surface area contributed by atoms with E-state index < -0.39 is 5.97 Å². The number of carbonyl (C=O) groups excluding carboxylic acids is 2. The van der Waals surface area contributed by atoms with E-state index >= 15 is 0 Å².